The van der Waals surface area contributed by atoms with E-state index in [1.165, 1.54) is 17.2 Å². The lowest BCUT2D eigenvalue weighted by Gasteiger charge is -2.26. The van der Waals surface area contributed by atoms with E-state index in [0.29, 0.717) is 16.5 Å². The van der Waals surface area contributed by atoms with Crippen LogP contribution in [0.25, 0.3) is 0 Å². The number of hydrogen-bond donors (Lipinski definition) is 1. The topological polar surface area (TPSA) is 68.4 Å². The number of aliphatic imine (C=N–C) groups is 1. The zero-order valence-corrected chi connectivity index (χ0v) is 16.4. The van der Waals surface area contributed by atoms with Gasteiger partial charge in [0.2, 0.25) is 0 Å². The highest BCUT2D eigenvalue weighted by molar-refractivity contribution is 8.13. The van der Waals surface area contributed by atoms with Crippen LogP contribution in [0.1, 0.15) is 22.7 Å². The fourth-order valence-electron chi connectivity index (χ4n) is 3.26. The third-order valence-electron chi connectivity index (χ3n) is 4.78. The Morgan fingerprint density at radius 3 is 2.29 bits per heavy atom. The summed E-state index contributed by atoms with van der Waals surface area (Å²) in [4.78, 5) is 30.1. The van der Waals surface area contributed by atoms with Crippen LogP contribution in [0, 0.1) is 0 Å². The van der Waals surface area contributed by atoms with E-state index in [0.717, 1.165) is 15.9 Å². The van der Waals surface area contributed by atoms with Crippen LogP contribution in [-0.4, -0.2) is 14.3 Å². The van der Waals surface area contributed by atoms with E-state index in [2.05, 4.69) is 17.4 Å². The normalized spacial score (nSPS) is 15.5. The summed E-state index contributed by atoms with van der Waals surface area (Å²) in [5.74, 6) is 1.25. The summed E-state index contributed by atoms with van der Waals surface area (Å²) in [7, 11) is 3.16. The van der Waals surface area contributed by atoms with Crippen molar-refractivity contribution < 1.29 is 0 Å². The van der Waals surface area contributed by atoms with Crippen LogP contribution in [0.15, 0.2) is 75.2 Å². The Labute approximate surface area is 166 Å². The number of anilines is 1. The van der Waals surface area contributed by atoms with Gasteiger partial charge in [0.25, 0.3) is 5.56 Å². The molecule has 1 aliphatic rings. The predicted octanol–water partition coefficient (Wildman–Crippen LogP) is 2.89. The first kappa shape index (κ1) is 18.3. The van der Waals surface area contributed by atoms with Gasteiger partial charge in [0.05, 0.1) is 5.56 Å². The second-order valence-electron chi connectivity index (χ2n) is 6.61. The number of nitrogens with zero attached hydrogens (tertiary/aromatic N) is 3. The van der Waals surface area contributed by atoms with Crippen LogP contribution in [-0.2, 0) is 19.8 Å². The van der Waals surface area contributed by atoms with Gasteiger partial charge in [-0.3, -0.25) is 13.9 Å². The van der Waals surface area contributed by atoms with Gasteiger partial charge < -0.3 is 5.32 Å². The number of thioether (sulfide) groups is 1. The van der Waals surface area contributed by atoms with Gasteiger partial charge in [0, 0.05) is 19.8 Å². The van der Waals surface area contributed by atoms with Crippen molar-refractivity contribution >= 4 is 22.7 Å². The summed E-state index contributed by atoms with van der Waals surface area (Å²) in [6.45, 7) is 0. The maximum absolute atomic E-state index is 12.9. The van der Waals surface area contributed by atoms with E-state index in [4.69, 9.17) is 4.99 Å². The lowest BCUT2D eigenvalue weighted by atomic mass is 9.99. The summed E-state index contributed by atoms with van der Waals surface area (Å²) < 4.78 is 2.61. The van der Waals surface area contributed by atoms with E-state index in [9.17, 15) is 9.59 Å². The fourth-order valence-corrected chi connectivity index (χ4v) is 4.10. The molecule has 2 aromatic carbocycles. The smallest absolute Gasteiger partial charge is 0.320 e. The maximum atomic E-state index is 12.9. The highest BCUT2D eigenvalue weighted by Crippen LogP contribution is 2.34. The Bertz CT molecular complexity index is 1150. The van der Waals surface area contributed by atoms with Crippen LogP contribution in [0.3, 0.4) is 0 Å². The van der Waals surface area contributed by atoms with Gasteiger partial charge in [0.15, 0.2) is 5.17 Å². The lowest BCUT2D eigenvalue weighted by molar-refractivity contribution is 0.659. The van der Waals surface area contributed by atoms with Gasteiger partial charge in [-0.15, -0.1) is 0 Å². The molecule has 2 heterocycles. The molecule has 1 atom stereocenters. The van der Waals surface area contributed by atoms with Crippen LogP contribution in [0.5, 0.6) is 0 Å². The molecule has 6 nitrogen and oxygen atoms in total. The molecule has 142 valence electrons. The first-order chi connectivity index (χ1) is 13.6. The Balaban J connectivity index is 1.79. The number of aromatic nitrogens is 2. The second-order valence-corrected chi connectivity index (χ2v) is 7.58. The monoisotopic (exact) mass is 392 g/mol. The minimum Gasteiger partial charge on any atom is -0.320 e. The SMILES string of the molecule is Cn1c2c(c(=O)n(C)c1=O)C(c1ccccc1)N=C(SCc1ccccc1)N2. The quantitative estimate of drug-likeness (QED) is 0.744. The first-order valence-electron chi connectivity index (χ1n) is 8.92. The highest BCUT2D eigenvalue weighted by atomic mass is 32.2. The van der Waals surface area contributed by atoms with Gasteiger partial charge in [-0.1, -0.05) is 72.4 Å². The van der Waals surface area contributed by atoms with Crippen molar-refractivity contribution in [2.24, 2.45) is 19.1 Å². The molecule has 0 spiro atoms. The van der Waals surface area contributed by atoms with Crippen LogP contribution < -0.4 is 16.6 Å². The average molecular weight is 392 g/mol. The summed E-state index contributed by atoms with van der Waals surface area (Å²) in [6.07, 6.45) is 0. The van der Waals surface area contributed by atoms with Crippen molar-refractivity contribution in [1.82, 2.24) is 9.13 Å². The van der Waals surface area contributed by atoms with Crippen LogP contribution >= 0.6 is 11.8 Å². The zero-order chi connectivity index (χ0) is 19.7. The largest absolute Gasteiger partial charge is 0.332 e. The minimum atomic E-state index is -0.457. The van der Waals surface area contributed by atoms with Crippen molar-refractivity contribution in [3.05, 3.63) is 98.2 Å². The van der Waals surface area contributed by atoms with Gasteiger partial charge in [0.1, 0.15) is 11.9 Å². The fraction of sp³-hybridized carbons (Fsp3) is 0.190. The van der Waals surface area contributed by atoms with Gasteiger partial charge >= 0.3 is 5.69 Å². The Kier molecular flexibility index (Phi) is 4.92. The van der Waals surface area contributed by atoms with Gasteiger partial charge in [-0.2, -0.15) is 0 Å². The molecule has 1 aromatic heterocycles. The molecule has 7 heteroatoms. The van der Waals surface area contributed by atoms with E-state index in [-0.39, 0.29) is 11.2 Å². The minimum absolute atomic E-state index is 0.324. The number of nitrogens with one attached hydrogen (secondary N) is 1. The van der Waals surface area contributed by atoms with E-state index < -0.39 is 6.04 Å². The van der Waals surface area contributed by atoms with Crippen LogP contribution in [0.4, 0.5) is 5.82 Å². The third kappa shape index (κ3) is 3.29. The molecule has 0 saturated heterocycles. The third-order valence-corrected chi connectivity index (χ3v) is 5.74. The molecule has 0 bridgehead atoms. The van der Waals surface area contributed by atoms with Gasteiger partial charge in [-0.25, -0.2) is 9.79 Å². The Morgan fingerprint density at radius 1 is 0.964 bits per heavy atom. The Morgan fingerprint density at radius 2 is 1.61 bits per heavy atom. The molecule has 0 amide bonds. The van der Waals surface area contributed by atoms with Crippen molar-refractivity contribution in [3.63, 3.8) is 0 Å². The molecule has 3 aromatic rings. The maximum Gasteiger partial charge on any atom is 0.332 e. The van der Waals surface area contributed by atoms with Gasteiger partial charge in [-0.05, 0) is 11.1 Å². The van der Waals surface area contributed by atoms with E-state index >= 15 is 0 Å². The van der Waals surface area contributed by atoms with E-state index in [1.54, 1.807) is 18.8 Å². The van der Waals surface area contributed by atoms with Crippen molar-refractivity contribution in [1.29, 1.82) is 0 Å². The molecule has 1 N–H and O–H groups in total. The second kappa shape index (κ2) is 7.52. The summed E-state index contributed by atoms with van der Waals surface area (Å²) in [5.41, 5.74) is 1.89. The number of hydrogen-bond acceptors (Lipinski definition) is 5. The summed E-state index contributed by atoms with van der Waals surface area (Å²) in [5, 5.41) is 3.90. The predicted molar refractivity (Wildman–Crippen MR) is 114 cm³/mol. The summed E-state index contributed by atoms with van der Waals surface area (Å²) >= 11 is 1.55. The first-order valence-corrected chi connectivity index (χ1v) is 9.91. The molecular formula is C21H20N4O2S. The summed E-state index contributed by atoms with van der Waals surface area (Å²) in [6, 6.07) is 19.3. The number of amidine groups is 1. The molecule has 28 heavy (non-hydrogen) atoms. The van der Waals surface area contributed by atoms with Crippen molar-refractivity contribution in [3.8, 4) is 0 Å². The van der Waals surface area contributed by atoms with E-state index in [1.807, 2.05) is 48.5 Å². The highest BCUT2D eigenvalue weighted by Gasteiger charge is 2.29. The lowest BCUT2D eigenvalue weighted by Crippen LogP contribution is -2.43. The van der Waals surface area contributed by atoms with Crippen molar-refractivity contribution in [2.75, 3.05) is 5.32 Å². The molecule has 1 unspecified atom stereocenters. The number of fused-ring (bicyclic) bond motifs is 1. The molecule has 0 radical (unpaired) electrons. The molecular weight excluding hydrogens is 372 g/mol. The van der Waals surface area contributed by atoms with Crippen molar-refractivity contribution in [2.45, 2.75) is 11.8 Å². The number of rotatable bonds is 3. The molecule has 0 aliphatic carbocycles. The zero-order valence-electron chi connectivity index (χ0n) is 15.6. The molecule has 0 fully saturated rings. The standard InChI is InChI=1S/C21H20N4O2S/c1-24-18-16(19(26)25(2)21(24)27)17(15-11-7-4-8-12-15)22-20(23-18)28-13-14-9-5-3-6-10-14/h3-12,17H,13H2,1-2H3,(H,22,23). The van der Waals surface area contributed by atoms with Crippen LogP contribution in [0.2, 0.25) is 0 Å². The molecule has 0 saturated carbocycles. The molecule has 1 aliphatic heterocycles. The molecule has 4 rings (SSSR count). The number of benzene rings is 2. The Hall–Kier alpha value is -3.06. The average Bonchev–Trinajstić information content (AvgIpc) is 2.75.